The van der Waals surface area contributed by atoms with Gasteiger partial charge in [0, 0.05) is 25.8 Å². The van der Waals surface area contributed by atoms with E-state index >= 15 is 0 Å². The van der Waals surface area contributed by atoms with Gasteiger partial charge in [0.15, 0.2) is 0 Å². The molecular weight excluding hydrogens is 208 g/mol. The minimum absolute atomic E-state index is 0.0683. The highest BCUT2D eigenvalue weighted by Gasteiger charge is 2.30. The van der Waals surface area contributed by atoms with Gasteiger partial charge < -0.3 is 14.7 Å². The lowest BCUT2D eigenvalue weighted by Crippen LogP contribution is -2.35. The third kappa shape index (κ3) is 1.99. The Bertz CT molecular complexity index is 373. The molecule has 0 radical (unpaired) electrons. The smallest absolute Gasteiger partial charge is 0.354 e. The molecule has 0 bridgehead atoms. The Morgan fingerprint density at radius 2 is 2.50 bits per heavy atom. The number of carboxylic acid groups (broad SMARTS) is 1. The van der Waals surface area contributed by atoms with E-state index in [4.69, 9.17) is 9.84 Å². The number of aliphatic carboxylic acids is 1. The topological polar surface area (TPSA) is 62.1 Å². The highest BCUT2D eigenvalue weighted by Crippen LogP contribution is 2.25. The predicted molar refractivity (Wildman–Crippen MR) is 59.2 cm³/mol. The van der Waals surface area contributed by atoms with E-state index in [9.17, 15) is 4.79 Å². The van der Waals surface area contributed by atoms with Crippen molar-refractivity contribution in [2.24, 2.45) is 10.9 Å². The van der Waals surface area contributed by atoms with E-state index < -0.39 is 5.97 Å². The van der Waals surface area contributed by atoms with E-state index in [-0.39, 0.29) is 17.7 Å². The zero-order valence-electron chi connectivity index (χ0n) is 9.04. The highest BCUT2D eigenvalue weighted by atomic mass is 16.5. The van der Waals surface area contributed by atoms with Gasteiger partial charge in [0.25, 0.3) is 0 Å². The SMILES string of the molecule is COCCN1C=CC2C=NC(C(=O)O)=CC21. The van der Waals surface area contributed by atoms with Gasteiger partial charge in [-0.05, 0) is 12.3 Å². The van der Waals surface area contributed by atoms with Crippen LogP contribution >= 0.6 is 0 Å². The lowest BCUT2D eigenvalue weighted by Gasteiger charge is -2.27. The molecular formula is C11H14N2O3. The van der Waals surface area contributed by atoms with Crippen molar-refractivity contribution in [2.75, 3.05) is 20.3 Å². The second-order valence-electron chi connectivity index (χ2n) is 3.78. The summed E-state index contributed by atoms with van der Waals surface area (Å²) in [5, 5.41) is 8.87. The van der Waals surface area contributed by atoms with Crippen molar-refractivity contribution < 1.29 is 14.6 Å². The molecule has 16 heavy (non-hydrogen) atoms. The molecule has 2 unspecified atom stereocenters. The van der Waals surface area contributed by atoms with Gasteiger partial charge in [-0.2, -0.15) is 0 Å². The number of carboxylic acids is 1. The number of hydrogen-bond donors (Lipinski definition) is 1. The van der Waals surface area contributed by atoms with Crippen LogP contribution in [0.4, 0.5) is 0 Å². The first-order valence-corrected chi connectivity index (χ1v) is 5.14. The van der Waals surface area contributed by atoms with Crippen LogP contribution in [-0.4, -0.2) is 48.5 Å². The van der Waals surface area contributed by atoms with Crippen LogP contribution < -0.4 is 0 Å². The largest absolute Gasteiger partial charge is 0.477 e. The Morgan fingerprint density at radius 1 is 1.69 bits per heavy atom. The van der Waals surface area contributed by atoms with Gasteiger partial charge in [0.2, 0.25) is 0 Å². The molecule has 0 aromatic rings. The number of methoxy groups -OCH3 is 1. The van der Waals surface area contributed by atoms with Crippen molar-refractivity contribution in [2.45, 2.75) is 6.04 Å². The first-order valence-electron chi connectivity index (χ1n) is 5.14. The average molecular weight is 222 g/mol. The van der Waals surface area contributed by atoms with E-state index in [1.807, 2.05) is 12.3 Å². The van der Waals surface area contributed by atoms with Gasteiger partial charge >= 0.3 is 5.97 Å². The molecule has 0 aromatic heterocycles. The molecule has 0 saturated heterocycles. The number of fused-ring (bicyclic) bond motifs is 1. The summed E-state index contributed by atoms with van der Waals surface area (Å²) in [5.41, 5.74) is 0.118. The molecule has 0 saturated carbocycles. The molecule has 0 aliphatic carbocycles. The highest BCUT2D eigenvalue weighted by molar-refractivity contribution is 5.90. The molecule has 0 spiro atoms. The average Bonchev–Trinajstić information content (AvgIpc) is 2.68. The van der Waals surface area contributed by atoms with Gasteiger partial charge in [-0.15, -0.1) is 0 Å². The Labute approximate surface area is 93.7 Å². The Hall–Kier alpha value is -1.62. The van der Waals surface area contributed by atoms with Gasteiger partial charge in [-0.3, -0.25) is 4.99 Å². The quantitative estimate of drug-likeness (QED) is 0.752. The van der Waals surface area contributed by atoms with Crippen molar-refractivity contribution in [1.82, 2.24) is 4.90 Å². The van der Waals surface area contributed by atoms with Crippen molar-refractivity contribution in [3.05, 3.63) is 24.0 Å². The minimum Gasteiger partial charge on any atom is -0.477 e. The van der Waals surface area contributed by atoms with Crippen LogP contribution in [0.25, 0.3) is 0 Å². The molecule has 2 rings (SSSR count). The maximum Gasteiger partial charge on any atom is 0.354 e. The van der Waals surface area contributed by atoms with Crippen molar-refractivity contribution in [3.63, 3.8) is 0 Å². The van der Waals surface area contributed by atoms with E-state index in [0.717, 1.165) is 6.54 Å². The van der Waals surface area contributed by atoms with Crippen LogP contribution in [-0.2, 0) is 9.53 Å². The van der Waals surface area contributed by atoms with Gasteiger partial charge in [-0.1, -0.05) is 6.08 Å². The molecule has 0 amide bonds. The zero-order valence-corrected chi connectivity index (χ0v) is 9.04. The molecule has 86 valence electrons. The van der Waals surface area contributed by atoms with Crippen LogP contribution in [0.2, 0.25) is 0 Å². The Morgan fingerprint density at radius 3 is 3.19 bits per heavy atom. The standard InChI is InChI=1S/C11H14N2O3/c1-16-5-4-13-3-2-8-7-12-9(11(14)15)6-10(8)13/h2-3,6-8,10H,4-5H2,1H3,(H,14,15). The van der Waals surface area contributed by atoms with Crippen LogP contribution in [0, 0.1) is 5.92 Å². The van der Waals surface area contributed by atoms with E-state index in [2.05, 4.69) is 9.89 Å². The lowest BCUT2D eigenvalue weighted by atomic mass is 9.99. The Kier molecular flexibility index (Phi) is 3.05. The number of aliphatic imine (C=N–C) groups is 1. The second-order valence-corrected chi connectivity index (χ2v) is 3.78. The summed E-state index contributed by atoms with van der Waals surface area (Å²) >= 11 is 0. The third-order valence-electron chi connectivity index (χ3n) is 2.76. The van der Waals surface area contributed by atoms with Crippen LogP contribution in [0.5, 0.6) is 0 Å². The molecule has 5 heteroatoms. The molecule has 2 atom stereocenters. The molecule has 1 N–H and O–H groups in total. The summed E-state index contributed by atoms with van der Waals surface area (Å²) in [6.07, 6.45) is 7.39. The fraction of sp³-hybridized carbons (Fsp3) is 0.455. The van der Waals surface area contributed by atoms with Crippen LogP contribution in [0.3, 0.4) is 0 Å². The van der Waals surface area contributed by atoms with E-state index in [1.54, 1.807) is 19.4 Å². The van der Waals surface area contributed by atoms with Crippen molar-refractivity contribution in [3.8, 4) is 0 Å². The fourth-order valence-corrected chi connectivity index (χ4v) is 1.91. The maximum atomic E-state index is 10.8. The molecule has 0 aromatic carbocycles. The monoisotopic (exact) mass is 222 g/mol. The summed E-state index contributed by atoms with van der Waals surface area (Å²) in [6.45, 7) is 1.38. The lowest BCUT2D eigenvalue weighted by molar-refractivity contribution is -0.132. The number of ether oxygens (including phenoxy) is 1. The predicted octanol–water partition coefficient (Wildman–Crippen LogP) is 0.500. The summed E-state index contributed by atoms with van der Waals surface area (Å²) < 4.78 is 5.01. The molecule has 0 fully saturated rings. The second kappa shape index (κ2) is 4.49. The normalized spacial score (nSPS) is 26.8. The van der Waals surface area contributed by atoms with Gasteiger partial charge in [0.1, 0.15) is 5.70 Å². The van der Waals surface area contributed by atoms with Crippen molar-refractivity contribution >= 4 is 12.2 Å². The summed E-state index contributed by atoms with van der Waals surface area (Å²) in [5.74, 6) is -0.798. The maximum absolute atomic E-state index is 10.8. The summed E-state index contributed by atoms with van der Waals surface area (Å²) in [4.78, 5) is 16.8. The number of carbonyl (C=O) groups is 1. The molecule has 2 aliphatic heterocycles. The van der Waals surface area contributed by atoms with E-state index in [0.29, 0.717) is 6.61 Å². The number of hydrogen-bond acceptors (Lipinski definition) is 4. The molecule has 2 heterocycles. The first-order chi connectivity index (χ1) is 7.72. The molecule has 5 nitrogen and oxygen atoms in total. The summed E-state index contributed by atoms with van der Waals surface area (Å²) in [7, 11) is 1.65. The van der Waals surface area contributed by atoms with E-state index in [1.165, 1.54) is 0 Å². The summed E-state index contributed by atoms with van der Waals surface area (Å²) in [6, 6.07) is 0.0683. The first kappa shape index (κ1) is 10.9. The van der Waals surface area contributed by atoms with Crippen LogP contribution in [0.1, 0.15) is 0 Å². The minimum atomic E-state index is -0.978. The molecule has 2 aliphatic rings. The fourth-order valence-electron chi connectivity index (χ4n) is 1.91. The number of rotatable bonds is 4. The van der Waals surface area contributed by atoms with Crippen LogP contribution in [0.15, 0.2) is 29.0 Å². The van der Waals surface area contributed by atoms with Crippen molar-refractivity contribution in [1.29, 1.82) is 0 Å². The third-order valence-corrected chi connectivity index (χ3v) is 2.76. The number of nitrogens with zero attached hydrogens (tertiary/aromatic N) is 2. The van der Waals surface area contributed by atoms with Gasteiger partial charge in [-0.25, -0.2) is 4.79 Å². The zero-order chi connectivity index (χ0) is 11.5. The van der Waals surface area contributed by atoms with Gasteiger partial charge in [0.05, 0.1) is 12.6 Å². The Balaban J connectivity index is 2.09.